The molecular formula is C21H35N5O2. The van der Waals surface area contributed by atoms with Gasteiger partial charge in [-0.1, -0.05) is 0 Å². The van der Waals surface area contributed by atoms with E-state index in [9.17, 15) is 9.59 Å². The van der Waals surface area contributed by atoms with Crippen LogP contribution in [0.5, 0.6) is 0 Å². The van der Waals surface area contributed by atoms with Crippen molar-refractivity contribution in [3.8, 4) is 0 Å². The van der Waals surface area contributed by atoms with Gasteiger partial charge in [-0.3, -0.25) is 14.9 Å². The van der Waals surface area contributed by atoms with Crippen LogP contribution in [0.2, 0.25) is 0 Å². The van der Waals surface area contributed by atoms with Crippen LogP contribution in [0.4, 0.5) is 0 Å². The van der Waals surface area contributed by atoms with Crippen LogP contribution < -0.4 is 5.32 Å². The number of nitrogens with zero attached hydrogens (tertiary/aromatic N) is 4. The number of likely N-dealkylation sites (tertiary alicyclic amines) is 2. The van der Waals surface area contributed by atoms with E-state index in [-0.39, 0.29) is 5.91 Å². The molecule has 3 aliphatic heterocycles. The standard InChI is InChI=1S/C21H35N5O2/c1-3-24(4-2)20-22-19(28)21(23-20)10-13-25(14-11-21)17-7-8-18(27)26(12-9-17)15-16-5-6-16/h16-17H,3-15H2,1-2H3,(H,22,23,28)/t17-/m1/s1. The molecule has 28 heavy (non-hydrogen) atoms. The number of hydrogen-bond acceptors (Lipinski definition) is 5. The summed E-state index contributed by atoms with van der Waals surface area (Å²) < 4.78 is 0. The van der Waals surface area contributed by atoms with Crippen LogP contribution in [0, 0.1) is 5.92 Å². The van der Waals surface area contributed by atoms with Gasteiger partial charge in [0.1, 0.15) is 5.54 Å². The van der Waals surface area contributed by atoms with Crippen LogP contribution in [0.25, 0.3) is 0 Å². The van der Waals surface area contributed by atoms with Gasteiger partial charge in [-0.05, 0) is 58.3 Å². The van der Waals surface area contributed by atoms with Crippen molar-refractivity contribution in [2.75, 3.05) is 39.3 Å². The molecule has 156 valence electrons. The van der Waals surface area contributed by atoms with Crippen molar-refractivity contribution >= 4 is 17.8 Å². The lowest BCUT2D eigenvalue weighted by Crippen LogP contribution is -2.52. The van der Waals surface area contributed by atoms with Gasteiger partial charge in [-0.2, -0.15) is 0 Å². The summed E-state index contributed by atoms with van der Waals surface area (Å²) >= 11 is 0. The van der Waals surface area contributed by atoms with Crippen molar-refractivity contribution in [2.45, 2.75) is 70.4 Å². The van der Waals surface area contributed by atoms with Crippen LogP contribution in [0.15, 0.2) is 4.99 Å². The van der Waals surface area contributed by atoms with Gasteiger partial charge >= 0.3 is 0 Å². The molecule has 0 bridgehead atoms. The fourth-order valence-corrected chi connectivity index (χ4v) is 4.96. The smallest absolute Gasteiger partial charge is 0.254 e. The summed E-state index contributed by atoms with van der Waals surface area (Å²) in [6, 6.07) is 0.459. The van der Waals surface area contributed by atoms with E-state index in [0.717, 1.165) is 76.8 Å². The average Bonchev–Trinajstić information content (AvgIpc) is 3.49. The summed E-state index contributed by atoms with van der Waals surface area (Å²) in [5, 5.41) is 3.02. The van der Waals surface area contributed by atoms with Crippen LogP contribution in [-0.4, -0.2) is 83.3 Å². The summed E-state index contributed by atoms with van der Waals surface area (Å²) in [5.41, 5.74) is -0.576. The second-order valence-corrected chi connectivity index (χ2v) is 8.89. The minimum absolute atomic E-state index is 0.0701. The van der Waals surface area contributed by atoms with Gasteiger partial charge in [0.05, 0.1) is 0 Å². The first kappa shape index (κ1) is 19.7. The molecule has 1 spiro atoms. The Morgan fingerprint density at radius 1 is 1.07 bits per heavy atom. The molecule has 2 amide bonds. The summed E-state index contributed by atoms with van der Waals surface area (Å²) in [6.07, 6.45) is 6.82. The highest BCUT2D eigenvalue weighted by Crippen LogP contribution is 2.34. The molecule has 2 saturated heterocycles. The van der Waals surface area contributed by atoms with Crippen LogP contribution in [0.1, 0.15) is 58.8 Å². The maximum absolute atomic E-state index is 12.7. The summed E-state index contributed by atoms with van der Waals surface area (Å²) in [7, 11) is 0. The Morgan fingerprint density at radius 2 is 1.79 bits per heavy atom. The Balaban J connectivity index is 1.35. The Bertz CT molecular complexity index is 633. The topological polar surface area (TPSA) is 68.2 Å². The number of guanidine groups is 1. The molecule has 1 saturated carbocycles. The van der Waals surface area contributed by atoms with Crippen molar-refractivity contribution in [1.29, 1.82) is 0 Å². The first-order valence-corrected chi connectivity index (χ1v) is 11.2. The maximum atomic E-state index is 12.7. The first-order valence-electron chi connectivity index (χ1n) is 11.2. The normalized spacial score (nSPS) is 28.3. The van der Waals surface area contributed by atoms with E-state index in [1.807, 2.05) is 0 Å². The quantitative estimate of drug-likeness (QED) is 0.773. The van der Waals surface area contributed by atoms with Gasteiger partial charge < -0.3 is 14.7 Å². The number of rotatable bonds is 5. The molecule has 0 unspecified atom stereocenters. The highest BCUT2D eigenvalue weighted by atomic mass is 16.2. The number of carbonyl (C=O) groups excluding carboxylic acids is 2. The van der Waals surface area contributed by atoms with Gasteiger partial charge in [0.25, 0.3) is 5.91 Å². The third-order valence-electron chi connectivity index (χ3n) is 7.12. The van der Waals surface area contributed by atoms with Gasteiger partial charge in [0.15, 0.2) is 0 Å². The van der Waals surface area contributed by atoms with Gasteiger partial charge in [0.2, 0.25) is 11.9 Å². The molecule has 4 rings (SSSR count). The van der Waals surface area contributed by atoms with Gasteiger partial charge in [0, 0.05) is 51.7 Å². The van der Waals surface area contributed by atoms with E-state index in [1.54, 1.807) is 0 Å². The SMILES string of the molecule is CCN(CC)C1=NC2(CCN([C@@H]3CCC(=O)N(CC4CC4)CC3)CC2)C(=O)N1. The van der Waals surface area contributed by atoms with E-state index in [4.69, 9.17) is 4.99 Å². The molecule has 1 aliphatic carbocycles. The molecule has 0 aromatic carbocycles. The zero-order valence-electron chi connectivity index (χ0n) is 17.5. The van der Waals surface area contributed by atoms with E-state index in [1.165, 1.54) is 12.8 Å². The summed E-state index contributed by atoms with van der Waals surface area (Å²) in [5.74, 6) is 1.92. The Labute approximate surface area is 168 Å². The third-order valence-corrected chi connectivity index (χ3v) is 7.12. The van der Waals surface area contributed by atoms with Gasteiger partial charge in [-0.15, -0.1) is 0 Å². The average molecular weight is 390 g/mol. The molecule has 0 aromatic rings. The molecule has 4 aliphatic rings. The number of piperidine rings is 1. The lowest BCUT2D eigenvalue weighted by molar-refractivity contribution is -0.131. The molecular weight excluding hydrogens is 354 g/mol. The third kappa shape index (κ3) is 3.91. The number of nitrogens with one attached hydrogen (secondary N) is 1. The minimum atomic E-state index is -0.576. The highest BCUT2D eigenvalue weighted by Gasteiger charge is 2.47. The Hall–Kier alpha value is -1.63. The van der Waals surface area contributed by atoms with Crippen LogP contribution in [-0.2, 0) is 9.59 Å². The first-order chi connectivity index (χ1) is 13.5. The van der Waals surface area contributed by atoms with Crippen LogP contribution >= 0.6 is 0 Å². The predicted molar refractivity (Wildman–Crippen MR) is 109 cm³/mol. The largest absolute Gasteiger partial charge is 0.343 e. The van der Waals surface area contributed by atoms with E-state index < -0.39 is 5.54 Å². The molecule has 0 aromatic heterocycles. The maximum Gasteiger partial charge on any atom is 0.254 e. The highest BCUT2D eigenvalue weighted by molar-refractivity contribution is 6.07. The lowest BCUT2D eigenvalue weighted by Gasteiger charge is -2.39. The molecule has 3 heterocycles. The second kappa shape index (κ2) is 8.01. The van der Waals surface area contributed by atoms with Crippen LogP contribution in [0.3, 0.4) is 0 Å². The van der Waals surface area contributed by atoms with Crippen molar-refractivity contribution < 1.29 is 9.59 Å². The monoisotopic (exact) mass is 389 g/mol. The number of aliphatic imine (C=N–C) groups is 1. The predicted octanol–water partition coefficient (Wildman–Crippen LogP) is 1.44. The van der Waals surface area contributed by atoms with Crippen molar-refractivity contribution in [3.05, 3.63) is 0 Å². The van der Waals surface area contributed by atoms with E-state index in [0.29, 0.717) is 18.4 Å². The molecule has 7 nitrogen and oxygen atoms in total. The molecule has 1 atom stereocenters. The fraction of sp³-hybridized carbons (Fsp3) is 0.857. The minimum Gasteiger partial charge on any atom is -0.343 e. The summed E-state index contributed by atoms with van der Waals surface area (Å²) in [6.45, 7) is 9.53. The van der Waals surface area contributed by atoms with Crippen molar-refractivity contribution in [3.63, 3.8) is 0 Å². The lowest BCUT2D eigenvalue weighted by atomic mass is 9.87. The summed E-state index contributed by atoms with van der Waals surface area (Å²) in [4.78, 5) is 36.7. The number of hydrogen-bond donors (Lipinski definition) is 1. The molecule has 7 heteroatoms. The molecule has 0 radical (unpaired) electrons. The number of carbonyl (C=O) groups is 2. The van der Waals surface area contributed by atoms with E-state index in [2.05, 4.69) is 33.9 Å². The molecule has 3 fully saturated rings. The van der Waals surface area contributed by atoms with Crippen molar-refractivity contribution in [1.82, 2.24) is 20.0 Å². The van der Waals surface area contributed by atoms with E-state index >= 15 is 0 Å². The molecule has 1 N–H and O–H groups in total. The van der Waals surface area contributed by atoms with Gasteiger partial charge in [-0.25, -0.2) is 4.99 Å². The number of amides is 2. The fourth-order valence-electron chi connectivity index (χ4n) is 4.96. The Kier molecular flexibility index (Phi) is 5.63. The van der Waals surface area contributed by atoms with Crippen molar-refractivity contribution in [2.24, 2.45) is 10.9 Å². The second-order valence-electron chi connectivity index (χ2n) is 8.89. The zero-order valence-corrected chi connectivity index (χ0v) is 17.5. The zero-order chi connectivity index (χ0) is 19.7. The Morgan fingerprint density at radius 3 is 2.43 bits per heavy atom.